The maximum Gasteiger partial charge on any atom is 0.226 e. The second-order valence-corrected chi connectivity index (χ2v) is 11.3. The van der Waals surface area contributed by atoms with Crippen molar-refractivity contribution in [3.05, 3.63) is 50.2 Å². The number of amides is 1. The fourth-order valence-electron chi connectivity index (χ4n) is 5.47. The Balaban J connectivity index is 1.53. The fraction of sp³-hybridized carbons (Fsp3) is 0.500. The predicted octanol–water partition coefficient (Wildman–Crippen LogP) is 0.274. The Kier molecular flexibility index (Phi) is 5.11. The van der Waals surface area contributed by atoms with Gasteiger partial charge in [0.1, 0.15) is 29.4 Å². The highest BCUT2D eigenvalue weighted by molar-refractivity contribution is 9.10. The number of hydrogen-bond acceptors (Lipinski definition) is 3. The van der Waals surface area contributed by atoms with Crippen LogP contribution < -0.4 is 5.32 Å². The van der Waals surface area contributed by atoms with Crippen molar-refractivity contribution in [3.8, 4) is 0 Å². The van der Waals surface area contributed by atoms with Crippen LogP contribution in [0.25, 0.3) is 0 Å². The number of nitrogens with zero attached hydrogens (tertiary/aromatic N) is 2. The first-order chi connectivity index (χ1) is 14.6. The zero-order valence-corrected chi connectivity index (χ0v) is 20.4. The molecule has 2 aromatic rings. The summed E-state index contributed by atoms with van der Waals surface area (Å²) in [6, 6.07) is 5.23. The molecule has 160 valence electrons. The van der Waals surface area contributed by atoms with E-state index in [0.29, 0.717) is 19.8 Å². The molecule has 5 nitrogen and oxygen atoms in total. The molecule has 1 aliphatic carbocycles. The lowest BCUT2D eigenvalue weighted by atomic mass is 9.49. The number of benzene rings is 1. The lowest BCUT2D eigenvalue weighted by Crippen LogP contribution is -2.40. The lowest BCUT2D eigenvalue weighted by molar-refractivity contribution is -0.121. The number of aromatic nitrogens is 2. The smallest absolute Gasteiger partial charge is 0.226 e. The fourth-order valence-corrected chi connectivity index (χ4v) is 6.38. The zero-order valence-electron chi connectivity index (χ0n) is 18.0. The number of carbonyl (C=O) groups is 1. The third kappa shape index (κ3) is 3.47. The van der Waals surface area contributed by atoms with E-state index in [1.807, 2.05) is 6.07 Å². The largest absolute Gasteiger partial charge is 0.379 e. The van der Waals surface area contributed by atoms with Gasteiger partial charge in [0.2, 0.25) is 5.91 Å². The molecule has 0 spiro atoms. The van der Waals surface area contributed by atoms with Gasteiger partial charge in [-0.1, -0.05) is 15.9 Å². The molecule has 3 aliphatic rings. The molecule has 31 heavy (non-hydrogen) atoms. The molecule has 3 heterocycles. The summed E-state index contributed by atoms with van der Waals surface area (Å²) in [4.78, 5) is 12.9. The van der Waals surface area contributed by atoms with Crippen LogP contribution >= 0.6 is 28.1 Å². The standard InChI is InChI=1S/C20H24B3BrFN3O2S/c21-20(22,23)28-15(6-16(29)26-11-3-4-30-8-11)17-13-7-19(13,9-27(17)18(28)31)12-5-10(24)1-2-14(12)25/h1-2,5,11,13H,3-4,6-9,21-23H2,(H,26,29)/t11-,13+,19-/m1/s1. The molecule has 1 saturated carbocycles. The zero-order chi connectivity index (χ0) is 22.1. The van der Waals surface area contributed by atoms with Crippen LogP contribution in [0.2, 0.25) is 0 Å². The second-order valence-electron chi connectivity index (χ2n) is 10.0. The lowest BCUT2D eigenvalue weighted by Gasteiger charge is -2.25. The molecule has 1 N–H and O–H groups in total. The Hall–Kier alpha value is -1.32. The number of nitrogens with one attached hydrogen (secondary N) is 1. The maximum atomic E-state index is 14.8. The molecule has 1 aromatic carbocycles. The van der Waals surface area contributed by atoms with Gasteiger partial charge in [-0.25, -0.2) is 4.39 Å². The number of carbonyl (C=O) groups excluding carboxylic acids is 1. The van der Waals surface area contributed by atoms with Gasteiger partial charge in [-0.15, -0.1) is 0 Å². The molecule has 0 bridgehead atoms. The van der Waals surface area contributed by atoms with Gasteiger partial charge in [0, 0.05) is 40.3 Å². The van der Waals surface area contributed by atoms with Crippen LogP contribution in [-0.2, 0) is 33.1 Å². The minimum absolute atomic E-state index is 0.0105. The summed E-state index contributed by atoms with van der Waals surface area (Å²) >= 11 is 9.38. The van der Waals surface area contributed by atoms with Gasteiger partial charge in [-0.05, 0) is 54.1 Å². The number of fused-ring (bicyclic) bond motifs is 3. The van der Waals surface area contributed by atoms with Crippen LogP contribution in [0.4, 0.5) is 4.39 Å². The van der Waals surface area contributed by atoms with Crippen molar-refractivity contribution in [3.63, 3.8) is 0 Å². The van der Waals surface area contributed by atoms with Crippen LogP contribution in [0.1, 0.15) is 35.7 Å². The van der Waals surface area contributed by atoms with E-state index >= 15 is 0 Å². The number of hydrogen-bond donors (Lipinski definition) is 1. The number of ether oxygens (including phenoxy) is 1. The van der Waals surface area contributed by atoms with E-state index < -0.39 is 0 Å². The Bertz CT molecular complexity index is 1140. The molecular weight excluding hydrogens is 478 g/mol. The van der Waals surface area contributed by atoms with Crippen LogP contribution in [0.3, 0.4) is 0 Å². The summed E-state index contributed by atoms with van der Waals surface area (Å²) in [6.07, 6.45) is 2.00. The molecule has 0 unspecified atom stereocenters. The Labute approximate surface area is 197 Å². The molecule has 1 aromatic heterocycles. The van der Waals surface area contributed by atoms with Gasteiger partial charge >= 0.3 is 0 Å². The molecule has 1 amide bonds. The van der Waals surface area contributed by atoms with Crippen molar-refractivity contribution in [2.45, 2.75) is 48.4 Å². The highest BCUT2D eigenvalue weighted by Gasteiger charge is 2.64. The van der Waals surface area contributed by atoms with Crippen molar-refractivity contribution >= 4 is 57.6 Å². The summed E-state index contributed by atoms with van der Waals surface area (Å²) in [7, 11) is 6.33. The van der Waals surface area contributed by atoms with Gasteiger partial charge in [0.15, 0.2) is 4.77 Å². The van der Waals surface area contributed by atoms with Crippen LogP contribution in [-0.4, -0.2) is 57.8 Å². The Morgan fingerprint density at radius 2 is 2.19 bits per heavy atom. The first-order valence-electron chi connectivity index (χ1n) is 10.8. The van der Waals surface area contributed by atoms with Crippen molar-refractivity contribution in [2.24, 2.45) is 0 Å². The normalized spacial score (nSPS) is 26.5. The van der Waals surface area contributed by atoms with E-state index in [0.717, 1.165) is 39.0 Å². The van der Waals surface area contributed by atoms with Gasteiger partial charge in [0.05, 0.1) is 19.1 Å². The van der Waals surface area contributed by atoms with Crippen LogP contribution in [0, 0.1) is 10.6 Å². The highest BCUT2D eigenvalue weighted by atomic mass is 79.9. The minimum atomic E-state index is -0.266. The molecule has 2 aliphatic heterocycles. The van der Waals surface area contributed by atoms with Gasteiger partial charge in [0.25, 0.3) is 0 Å². The monoisotopic (exact) mass is 501 g/mol. The number of rotatable bonds is 5. The predicted molar refractivity (Wildman–Crippen MR) is 131 cm³/mol. The van der Waals surface area contributed by atoms with Crippen molar-refractivity contribution in [1.82, 2.24) is 14.5 Å². The van der Waals surface area contributed by atoms with Crippen molar-refractivity contribution < 1.29 is 13.9 Å². The number of imidazole rings is 1. The second kappa shape index (κ2) is 7.35. The van der Waals surface area contributed by atoms with E-state index in [9.17, 15) is 9.18 Å². The number of halogens is 2. The SMILES string of the molecule is BC(B)(B)n1c(CC(=O)N[C@@H]2CCOC2)c2n(c1=S)C[C@@]1(c3cc(Br)ccc3F)C[C@@H]21. The molecular formula is C20H24B3BrFN3O2S. The highest BCUT2D eigenvalue weighted by Crippen LogP contribution is 2.67. The maximum absolute atomic E-state index is 14.8. The summed E-state index contributed by atoms with van der Waals surface area (Å²) < 4.78 is 26.1. The summed E-state index contributed by atoms with van der Waals surface area (Å²) in [5.41, 5.74) is 2.55. The Morgan fingerprint density at radius 1 is 1.42 bits per heavy atom. The average molecular weight is 502 g/mol. The molecule has 11 heteroatoms. The Morgan fingerprint density at radius 3 is 2.87 bits per heavy atom. The minimum Gasteiger partial charge on any atom is -0.379 e. The third-order valence-electron chi connectivity index (χ3n) is 6.88. The molecule has 3 atom stereocenters. The quantitative estimate of drug-likeness (QED) is 0.473. The first-order valence-corrected chi connectivity index (χ1v) is 12.0. The van der Waals surface area contributed by atoms with Gasteiger partial charge in [-0.2, -0.15) is 0 Å². The summed E-state index contributed by atoms with van der Waals surface area (Å²) in [6.45, 7) is 1.92. The summed E-state index contributed by atoms with van der Waals surface area (Å²) in [5.74, 6) is -0.00510. The molecule has 0 radical (unpaired) electrons. The molecule has 5 rings (SSSR count). The van der Waals surface area contributed by atoms with Crippen LogP contribution in [0.5, 0.6) is 0 Å². The van der Waals surface area contributed by atoms with E-state index in [4.69, 9.17) is 17.0 Å². The first kappa shape index (κ1) is 21.5. The van der Waals surface area contributed by atoms with Crippen molar-refractivity contribution in [2.75, 3.05) is 13.2 Å². The third-order valence-corrected chi connectivity index (χ3v) is 7.78. The van der Waals surface area contributed by atoms with E-state index in [2.05, 4.69) is 53.9 Å². The van der Waals surface area contributed by atoms with Gasteiger partial charge < -0.3 is 19.2 Å². The molecule has 2 fully saturated rings. The van der Waals surface area contributed by atoms with E-state index in [1.54, 1.807) is 6.07 Å². The van der Waals surface area contributed by atoms with E-state index in [1.165, 1.54) is 6.07 Å². The topological polar surface area (TPSA) is 48.2 Å². The van der Waals surface area contributed by atoms with E-state index in [-0.39, 0.29) is 40.8 Å². The average Bonchev–Trinajstić information content (AvgIpc) is 2.98. The van der Waals surface area contributed by atoms with Crippen molar-refractivity contribution in [1.29, 1.82) is 0 Å². The van der Waals surface area contributed by atoms with Crippen LogP contribution in [0.15, 0.2) is 22.7 Å². The van der Waals surface area contributed by atoms with Gasteiger partial charge in [-0.3, -0.25) is 4.79 Å². The molecule has 1 saturated heterocycles. The summed E-state index contributed by atoms with van der Waals surface area (Å²) in [5, 5.41) is 2.86.